The predicted octanol–water partition coefficient (Wildman–Crippen LogP) is 3.27. The van der Waals surface area contributed by atoms with Gasteiger partial charge in [-0.25, -0.2) is 4.98 Å². The molecule has 0 fully saturated rings. The molecule has 0 aliphatic rings. The van der Waals surface area contributed by atoms with Crippen molar-refractivity contribution in [3.05, 3.63) is 71.1 Å². The fourth-order valence-electron chi connectivity index (χ4n) is 2.19. The van der Waals surface area contributed by atoms with E-state index in [2.05, 4.69) is 25.5 Å². The van der Waals surface area contributed by atoms with Gasteiger partial charge in [-0.15, -0.1) is 0 Å². The Labute approximate surface area is 133 Å². The van der Waals surface area contributed by atoms with E-state index in [4.69, 9.17) is 0 Å². The molecule has 2 heterocycles. The van der Waals surface area contributed by atoms with E-state index in [0.29, 0.717) is 11.4 Å². The van der Waals surface area contributed by atoms with Crippen molar-refractivity contribution in [1.29, 1.82) is 0 Å². The number of hydrogen-bond acceptors (Lipinski definition) is 4. The van der Waals surface area contributed by atoms with Crippen molar-refractivity contribution in [3.63, 3.8) is 0 Å². The first-order valence-corrected chi connectivity index (χ1v) is 6.87. The molecule has 0 bridgehead atoms. The summed E-state index contributed by atoms with van der Waals surface area (Å²) in [6, 6.07) is 7.53. The van der Waals surface area contributed by atoms with Gasteiger partial charge in [0.15, 0.2) is 5.82 Å². The lowest BCUT2D eigenvalue weighted by Crippen LogP contribution is -2.18. The second-order valence-corrected chi connectivity index (χ2v) is 4.96. The molecule has 1 unspecified atom stereocenters. The average molecular weight is 337 g/mol. The number of halogens is 4. The molecule has 0 saturated carbocycles. The van der Waals surface area contributed by atoms with Crippen LogP contribution in [0.3, 0.4) is 0 Å². The third-order valence-corrected chi connectivity index (χ3v) is 3.29. The van der Waals surface area contributed by atoms with Crippen molar-refractivity contribution in [1.82, 2.24) is 20.2 Å². The normalized spacial score (nSPS) is 12.2. The molecule has 1 atom stereocenters. The Morgan fingerprint density at radius 1 is 0.958 bits per heavy atom. The van der Waals surface area contributed by atoms with Gasteiger partial charge in [-0.1, -0.05) is 30.3 Å². The van der Waals surface area contributed by atoms with E-state index in [1.54, 1.807) is 37.3 Å². The summed E-state index contributed by atoms with van der Waals surface area (Å²) in [5.41, 5.74) is -0.427. The standard InChI is InChI=1S/C15H11F4N5/c1-7-20-15(24-23-7)11(8-5-3-2-4-6-8)21-12-9(16)13(18)22-14(19)10(12)17/h2-6,11H,1H3,(H,21,22)(H,20,23,24). The highest BCUT2D eigenvalue weighted by Crippen LogP contribution is 2.29. The van der Waals surface area contributed by atoms with Crippen molar-refractivity contribution in [3.8, 4) is 0 Å². The van der Waals surface area contributed by atoms with Gasteiger partial charge in [-0.05, 0) is 12.5 Å². The van der Waals surface area contributed by atoms with E-state index in [1.807, 2.05) is 0 Å². The molecule has 0 spiro atoms. The molecule has 2 aromatic heterocycles. The number of nitrogens with one attached hydrogen (secondary N) is 2. The van der Waals surface area contributed by atoms with Crippen LogP contribution in [0.1, 0.15) is 23.3 Å². The maximum atomic E-state index is 13.9. The first kappa shape index (κ1) is 15.9. The van der Waals surface area contributed by atoms with E-state index in [9.17, 15) is 17.6 Å². The van der Waals surface area contributed by atoms with Crippen LogP contribution in [0.4, 0.5) is 23.2 Å². The molecule has 0 aliphatic carbocycles. The average Bonchev–Trinajstić information content (AvgIpc) is 3.00. The highest BCUT2D eigenvalue weighted by molar-refractivity contribution is 5.49. The minimum Gasteiger partial charge on any atom is -0.366 e. The van der Waals surface area contributed by atoms with E-state index < -0.39 is 35.3 Å². The fourth-order valence-corrected chi connectivity index (χ4v) is 2.19. The summed E-state index contributed by atoms with van der Waals surface area (Å²) in [7, 11) is 0. The van der Waals surface area contributed by atoms with Gasteiger partial charge in [0, 0.05) is 0 Å². The highest BCUT2D eigenvalue weighted by atomic mass is 19.2. The number of aryl methyl sites for hydroxylation is 1. The Hall–Kier alpha value is -2.97. The quantitative estimate of drug-likeness (QED) is 0.566. The lowest BCUT2D eigenvalue weighted by atomic mass is 10.1. The summed E-state index contributed by atoms with van der Waals surface area (Å²) in [6.07, 6.45) is 0. The van der Waals surface area contributed by atoms with Crippen molar-refractivity contribution in [2.75, 3.05) is 5.32 Å². The van der Waals surface area contributed by atoms with Crippen LogP contribution in [-0.2, 0) is 0 Å². The summed E-state index contributed by atoms with van der Waals surface area (Å²) < 4.78 is 54.4. The molecule has 3 aromatic rings. The molecule has 5 nitrogen and oxygen atoms in total. The molecular weight excluding hydrogens is 326 g/mol. The summed E-state index contributed by atoms with van der Waals surface area (Å²) >= 11 is 0. The fraction of sp³-hybridized carbons (Fsp3) is 0.133. The topological polar surface area (TPSA) is 66.5 Å². The molecule has 9 heteroatoms. The SMILES string of the molecule is Cc1nc(C(Nc2c(F)c(F)nc(F)c2F)c2ccccc2)n[nH]1. The van der Waals surface area contributed by atoms with Gasteiger partial charge in [-0.2, -0.15) is 27.6 Å². The summed E-state index contributed by atoms with van der Waals surface area (Å²) in [4.78, 5) is 6.64. The predicted molar refractivity (Wildman–Crippen MR) is 77.1 cm³/mol. The maximum absolute atomic E-state index is 13.9. The number of hydrogen-bond donors (Lipinski definition) is 2. The summed E-state index contributed by atoms with van der Waals surface area (Å²) in [5.74, 6) is -6.09. The molecule has 0 amide bonds. The Morgan fingerprint density at radius 3 is 2.12 bits per heavy atom. The first-order valence-electron chi connectivity index (χ1n) is 6.87. The van der Waals surface area contributed by atoms with Crippen LogP contribution in [0.25, 0.3) is 0 Å². The largest absolute Gasteiger partial charge is 0.366 e. The second kappa shape index (κ2) is 6.26. The molecule has 0 aliphatic heterocycles. The Balaban J connectivity index is 2.09. The zero-order chi connectivity index (χ0) is 17.3. The van der Waals surface area contributed by atoms with Gasteiger partial charge in [0.25, 0.3) is 11.9 Å². The van der Waals surface area contributed by atoms with Crippen LogP contribution < -0.4 is 5.32 Å². The molecule has 0 radical (unpaired) electrons. The van der Waals surface area contributed by atoms with Crippen LogP contribution in [0.2, 0.25) is 0 Å². The lowest BCUT2D eigenvalue weighted by molar-refractivity contribution is 0.410. The zero-order valence-electron chi connectivity index (χ0n) is 12.3. The van der Waals surface area contributed by atoms with Gasteiger partial charge in [0.2, 0.25) is 11.6 Å². The van der Waals surface area contributed by atoms with Crippen LogP contribution in [-0.4, -0.2) is 20.2 Å². The van der Waals surface area contributed by atoms with E-state index in [-0.39, 0.29) is 5.82 Å². The second-order valence-electron chi connectivity index (χ2n) is 4.96. The van der Waals surface area contributed by atoms with Crippen molar-refractivity contribution in [2.24, 2.45) is 0 Å². The van der Waals surface area contributed by atoms with Crippen LogP contribution in [0, 0.1) is 30.5 Å². The number of anilines is 1. The zero-order valence-corrected chi connectivity index (χ0v) is 12.3. The van der Waals surface area contributed by atoms with Crippen LogP contribution >= 0.6 is 0 Å². The Morgan fingerprint density at radius 2 is 1.58 bits per heavy atom. The van der Waals surface area contributed by atoms with Crippen molar-refractivity contribution >= 4 is 5.69 Å². The number of nitrogens with zero attached hydrogens (tertiary/aromatic N) is 3. The molecule has 3 rings (SSSR count). The number of benzene rings is 1. The molecule has 24 heavy (non-hydrogen) atoms. The van der Waals surface area contributed by atoms with Crippen molar-refractivity contribution in [2.45, 2.75) is 13.0 Å². The minimum atomic E-state index is -1.74. The molecule has 2 N–H and O–H groups in total. The monoisotopic (exact) mass is 337 g/mol. The summed E-state index contributed by atoms with van der Waals surface area (Å²) in [5, 5.41) is 8.98. The summed E-state index contributed by atoms with van der Waals surface area (Å²) in [6.45, 7) is 1.64. The van der Waals surface area contributed by atoms with Crippen molar-refractivity contribution < 1.29 is 17.6 Å². The van der Waals surface area contributed by atoms with Gasteiger partial charge in [0.05, 0.1) is 0 Å². The minimum absolute atomic E-state index is 0.162. The Bertz CT molecular complexity index is 840. The molecule has 1 aromatic carbocycles. The maximum Gasteiger partial charge on any atom is 0.253 e. The van der Waals surface area contributed by atoms with Gasteiger partial charge in [-0.3, -0.25) is 5.10 Å². The number of pyridine rings is 1. The van der Waals surface area contributed by atoms with E-state index in [1.165, 1.54) is 0 Å². The highest BCUT2D eigenvalue weighted by Gasteiger charge is 2.26. The van der Waals surface area contributed by atoms with Gasteiger partial charge in [0.1, 0.15) is 17.6 Å². The number of rotatable bonds is 4. The number of H-pyrrole nitrogens is 1. The Kier molecular flexibility index (Phi) is 4.15. The van der Waals surface area contributed by atoms with Crippen LogP contribution in [0.5, 0.6) is 0 Å². The third kappa shape index (κ3) is 2.92. The molecule has 0 saturated heterocycles. The smallest absolute Gasteiger partial charge is 0.253 e. The van der Waals surface area contributed by atoms with Gasteiger partial charge < -0.3 is 5.32 Å². The third-order valence-electron chi connectivity index (χ3n) is 3.29. The lowest BCUT2D eigenvalue weighted by Gasteiger charge is -2.18. The van der Waals surface area contributed by atoms with E-state index >= 15 is 0 Å². The first-order chi connectivity index (χ1) is 11.5. The van der Waals surface area contributed by atoms with Crippen LogP contribution in [0.15, 0.2) is 30.3 Å². The number of aromatic amines is 1. The molecular formula is C15H11F4N5. The number of aromatic nitrogens is 4. The van der Waals surface area contributed by atoms with E-state index in [0.717, 1.165) is 0 Å². The van der Waals surface area contributed by atoms with Gasteiger partial charge >= 0.3 is 0 Å². The molecule has 124 valence electrons.